The minimum Gasteiger partial charge on any atom is -0.383 e. The molecule has 0 radical (unpaired) electrons. The number of nitrogens with zero attached hydrogens (tertiary/aromatic N) is 5. The van der Waals surface area contributed by atoms with Gasteiger partial charge in [-0.3, -0.25) is 19.5 Å². The summed E-state index contributed by atoms with van der Waals surface area (Å²) in [4.78, 5) is 25.9. The molecule has 0 bridgehead atoms. The Kier molecular flexibility index (Phi) is 4.10. The Hall–Kier alpha value is -2.90. The van der Waals surface area contributed by atoms with Crippen molar-refractivity contribution in [2.45, 2.75) is 45.6 Å². The van der Waals surface area contributed by atoms with Crippen LogP contribution in [0.5, 0.6) is 0 Å². The summed E-state index contributed by atoms with van der Waals surface area (Å²) in [6.07, 6.45) is 9.91. The third kappa shape index (κ3) is 2.81. The highest BCUT2D eigenvalue weighted by atomic mass is 16.1. The fraction of sp³-hybridized carbons (Fsp3) is 0.444. The number of hydrogen-bond acceptors (Lipinski definition) is 6. The van der Waals surface area contributed by atoms with Crippen LogP contribution in [-0.4, -0.2) is 32.5 Å². The highest BCUT2D eigenvalue weighted by molar-refractivity contribution is 5.87. The Morgan fingerprint density at radius 3 is 2.81 bits per heavy atom. The van der Waals surface area contributed by atoms with Gasteiger partial charge in [-0.1, -0.05) is 6.08 Å². The molecule has 0 amide bonds. The maximum atomic E-state index is 12.4. The van der Waals surface area contributed by atoms with E-state index in [9.17, 15) is 4.79 Å². The number of aromatic nitrogens is 4. The highest BCUT2D eigenvalue weighted by Crippen LogP contribution is 2.35. The molecule has 0 unspecified atom stereocenters. The molecule has 2 aromatic heterocycles. The van der Waals surface area contributed by atoms with Crippen LogP contribution in [0.1, 0.15) is 48.7 Å². The van der Waals surface area contributed by atoms with Gasteiger partial charge in [0.1, 0.15) is 17.1 Å². The number of nitrogen functional groups attached to an aromatic ring is 1. The first-order valence-electron chi connectivity index (χ1n) is 8.97. The molecule has 136 valence electrons. The lowest BCUT2D eigenvalue weighted by Gasteiger charge is -2.26. The molecule has 8 nitrogen and oxygen atoms in total. The minimum atomic E-state index is -0.293. The summed E-state index contributed by atoms with van der Waals surface area (Å²) in [7, 11) is 0. The number of hydrogen-bond donors (Lipinski definition) is 2. The van der Waals surface area contributed by atoms with Gasteiger partial charge in [0.15, 0.2) is 0 Å². The van der Waals surface area contributed by atoms with E-state index in [1.54, 1.807) is 0 Å². The molecule has 2 aromatic rings. The topological polar surface area (TPSA) is 105 Å². The van der Waals surface area contributed by atoms with Crippen LogP contribution in [0.4, 0.5) is 17.5 Å². The Balaban J connectivity index is 1.64. The van der Waals surface area contributed by atoms with Gasteiger partial charge in [-0.15, -0.1) is 0 Å². The van der Waals surface area contributed by atoms with Crippen LogP contribution < -0.4 is 16.2 Å². The molecule has 1 saturated carbocycles. The fourth-order valence-corrected chi connectivity index (χ4v) is 3.37. The van der Waals surface area contributed by atoms with E-state index in [4.69, 9.17) is 5.73 Å². The zero-order chi connectivity index (χ0) is 18.3. The average Bonchev–Trinajstić information content (AvgIpc) is 3.16. The molecule has 26 heavy (non-hydrogen) atoms. The van der Waals surface area contributed by atoms with Gasteiger partial charge in [-0.25, -0.2) is 0 Å². The average molecular weight is 353 g/mol. The Labute approximate surface area is 151 Å². The number of aliphatic imine (C=N–C) groups is 1. The summed E-state index contributed by atoms with van der Waals surface area (Å²) in [5, 5.41) is 4.61. The van der Waals surface area contributed by atoms with Crippen LogP contribution >= 0.6 is 0 Å². The van der Waals surface area contributed by atoms with Gasteiger partial charge >= 0.3 is 0 Å². The number of nitrogens with one attached hydrogen (secondary N) is 1. The number of aromatic amines is 1. The lowest BCUT2D eigenvalue weighted by molar-refractivity contribution is 0.284. The van der Waals surface area contributed by atoms with Crippen molar-refractivity contribution in [3.05, 3.63) is 39.6 Å². The van der Waals surface area contributed by atoms with Crippen LogP contribution in [-0.2, 0) is 0 Å². The van der Waals surface area contributed by atoms with E-state index in [0.717, 1.165) is 42.9 Å². The summed E-state index contributed by atoms with van der Waals surface area (Å²) in [6, 6.07) is 0.473. The van der Waals surface area contributed by atoms with Gasteiger partial charge in [0.05, 0.1) is 17.4 Å². The molecule has 0 atom stereocenters. The molecule has 0 spiro atoms. The van der Waals surface area contributed by atoms with Crippen LogP contribution in [0.2, 0.25) is 0 Å². The maximum absolute atomic E-state index is 12.4. The molecule has 0 saturated heterocycles. The second-order valence-corrected chi connectivity index (χ2v) is 6.86. The molecule has 3 N–H and O–H groups in total. The standard InChI is InChI=1S/C18H23N7O/c1-11-15(12(2)25(23-11)13-6-5-7-13)20-10-14-16(19)21-18(22-17(14)26)24-8-3-4-9-24/h3,8,10,13H,4-7,9H2,1-2H3,(H3,19,21,22,26). The SMILES string of the molecule is Cc1nn(C2CCC2)c(C)c1N=Cc1c(N)nc(N2C=CCC2)[nH]c1=O. The normalized spacial score (nSPS) is 17.4. The molecule has 3 heterocycles. The third-order valence-corrected chi connectivity index (χ3v) is 5.10. The van der Waals surface area contributed by atoms with Crippen molar-refractivity contribution in [3.63, 3.8) is 0 Å². The quantitative estimate of drug-likeness (QED) is 0.821. The van der Waals surface area contributed by atoms with E-state index in [0.29, 0.717) is 12.0 Å². The van der Waals surface area contributed by atoms with Crippen molar-refractivity contribution in [3.8, 4) is 0 Å². The van der Waals surface area contributed by atoms with Crippen molar-refractivity contribution in [1.82, 2.24) is 19.7 Å². The molecule has 1 aliphatic carbocycles. The monoisotopic (exact) mass is 353 g/mol. The predicted molar refractivity (Wildman–Crippen MR) is 102 cm³/mol. The first-order valence-corrected chi connectivity index (χ1v) is 8.97. The Bertz CT molecular complexity index is 949. The van der Waals surface area contributed by atoms with Crippen molar-refractivity contribution < 1.29 is 0 Å². The summed E-state index contributed by atoms with van der Waals surface area (Å²) in [5.41, 5.74) is 8.66. The minimum absolute atomic E-state index is 0.175. The first-order chi connectivity index (χ1) is 12.5. The second kappa shape index (κ2) is 6.44. The van der Waals surface area contributed by atoms with E-state index in [1.165, 1.54) is 12.6 Å². The fourth-order valence-electron chi connectivity index (χ4n) is 3.37. The van der Waals surface area contributed by atoms with Crippen molar-refractivity contribution >= 4 is 23.7 Å². The van der Waals surface area contributed by atoms with Gasteiger partial charge in [0, 0.05) is 19.0 Å². The van der Waals surface area contributed by atoms with Crippen LogP contribution in [0.25, 0.3) is 0 Å². The van der Waals surface area contributed by atoms with Gasteiger partial charge in [0.25, 0.3) is 5.56 Å². The van der Waals surface area contributed by atoms with Crippen LogP contribution in [0.3, 0.4) is 0 Å². The molecule has 2 aliphatic rings. The molecule has 1 fully saturated rings. The molecule has 8 heteroatoms. The molecular weight excluding hydrogens is 330 g/mol. The molecule has 4 rings (SSSR count). The van der Waals surface area contributed by atoms with E-state index in [1.807, 2.05) is 31.0 Å². The Morgan fingerprint density at radius 2 is 2.19 bits per heavy atom. The lowest BCUT2D eigenvalue weighted by Crippen LogP contribution is -2.24. The van der Waals surface area contributed by atoms with Gasteiger partial charge in [-0.2, -0.15) is 10.1 Å². The van der Waals surface area contributed by atoms with Gasteiger partial charge < -0.3 is 10.6 Å². The van der Waals surface area contributed by atoms with Gasteiger partial charge in [-0.05, 0) is 39.5 Å². The van der Waals surface area contributed by atoms with E-state index in [-0.39, 0.29) is 16.9 Å². The smallest absolute Gasteiger partial charge is 0.263 e. The zero-order valence-corrected chi connectivity index (χ0v) is 15.1. The van der Waals surface area contributed by atoms with Crippen molar-refractivity contribution in [2.24, 2.45) is 4.99 Å². The van der Waals surface area contributed by atoms with Crippen molar-refractivity contribution in [1.29, 1.82) is 0 Å². The number of nitrogens with two attached hydrogens (primary N) is 1. The first kappa shape index (κ1) is 16.6. The van der Waals surface area contributed by atoms with Crippen molar-refractivity contribution in [2.75, 3.05) is 17.2 Å². The van der Waals surface area contributed by atoms with Crippen LogP contribution in [0, 0.1) is 13.8 Å². The van der Waals surface area contributed by atoms with Crippen LogP contribution in [0.15, 0.2) is 22.1 Å². The van der Waals surface area contributed by atoms with E-state index in [2.05, 4.69) is 24.7 Å². The number of anilines is 2. The van der Waals surface area contributed by atoms with E-state index < -0.39 is 0 Å². The number of H-pyrrole nitrogens is 1. The molecular formula is C18H23N7O. The second-order valence-electron chi connectivity index (χ2n) is 6.86. The summed E-state index contributed by atoms with van der Waals surface area (Å²) < 4.78 is 2.06. The highest BCUT2D eigenvalue weighted by Gasteiger charge is 2.24. The Morgan fingerprint density at radius 1 is 1.38 bits per heavy atom. The maximum Gasteiger partial charge on any atom is 0.263 e. The predicted octanol–water partition coefficient (Wildman–Crippen LogP) is 2.36. The molecule has 0 aromatic carbocycles. The summed E-state index contributed by atoms with van der Waals surface area (Å²) in [6.45, 7) is 4.73. The van der Waals surface area contributed by atoms with Gasteiger partial charge in [0.2, 0.25) is 5.95 Å². The zero-order valence-electron chi connectivity index (χ0n) is 15.1. The lowest BCUT2D eigenvalue weighted by atomic mass is 9.93. The third-order valence-electron chi connectivity index (χ3n) is 5.10. The summed E-state index contributed by atoms with van der Waals surface area (Å²) in [5.74, 6) is 0.637. The summed E-state index contributed by atoms with van der Waals surface area (Å²) >= 11 is 0. The number of aryl methyl sites for hydroxylation is 1. The largest absolute Gasteiger partial charge is 0.383 e. The number of rotatable bonds is 4. The molecule has 1 aliphatic heterocycles. The van der Waals surface area contributed by atoms with E-state index >= 15 is 0 Å².